The quantitative estimate of drug-likeness (QED) is 0.784. The van der Waals surface area contributed by atoms with Crippen molar-refractivity contribution in [3.63, 3.8) is 0 Å². The highest BCUT2D eigenvalue weighted by molar-refractivity contribution is 6.04. The lowest BCUT2D eigenvalue weighted by molar-refractivity contribution is 0.0997. The smallest absolute Gasteiger partial charge is 0.252 e. The Balaban J connectivity index is 1.69. The van der Waals surface area contributed by atoms with Gasteiger partial charge in [-0.05, 0) is 50.0 Å². The number of carbonyl (C=O) groups is 1. The van der Waals surface area contributed by atoms with Crippen molar-refractivity contribution in [2.75, 3.05) is 7.11 Å². The number of rotatable bonds is 5. The molecule has 2 unspecified atom stereocenters. The lowest BCUT2D eigenvalue weighted by Crippen LogP contribution is -2.46. The molecule has 1 amide bonds. The first-order valence-corrected chi connectivity index (χ1v) is 10.4. The fraction of sp³-hybridized carbons (Fsp3) is 0.435. The van der Waals surface area contributed by atoms with Gasteiger partial charge in [-0.25, -0.2) is 5.01 Å². The molecule has 3 aliphatic rings. The van der Waals surface area contributed by atoms with Crippen molar-refractivity contribution in [3.8, 4) is 11.8 Å². The number of nitrogens with two attached hydrogens (primary N) is 1. The van der Waals surface area contributed by atoms with Gasteiger partial charge in [0.1, 0.15) is 17.1 Å². The molecule has 1 aliphatic carbocycles. The van der Waals surface area contributed by atoms with E-state index in [4.69, 9.17) is 15.6 Å². The van der Waals surface area contributed by atoms with E-state index in [0.29, 0.717) is 17.2 Å². The van der Waals surface area contributed by atoms with Crippen LogP contribution in [0.4, 0.5) is 0 Å². The first-order chi connectivity index (χ1) is 14.4. The van der Waals surface area contributed by atoms with E-state index in [0.717, 1.165) is 23.5 Å². The second kappa shape index (κ2) is 7.86. The molecule has 1 fully saturated rings. The molecule has 7 nitrogen and oxygen atoms in total. The van der Waals surface area contributed by atoms with Crippen LogP contribution in [0.2, 0.25) is 0 Å². The Morgan fingerprint density at radius 2 is 2.17 bits per heavy atom. The largest absolute Gasteiger partial charge is 0.496 e. The molecule has 0 spiro atoms. The van der Waals surface area contributed by atoms with E-state index in [-0.39, 0.29) is 6.04 Å². The van der Waals surface area contributed by atoms with E-state index in [1.165, 1.54) is 32.8 Å². The summed E-state index contributed by atoms with van der Waals surface area (Å²) in [6.45, 7) is 1.86. The second-order valence-electron chi connectivity index (χ2n) is 8.34. The number of nitriles is 1. The molecule has 1 aromatic rings. The standard InChI is InChI=1S/C23H27N5O2/c1-23(14-24)11-5-8-21(26-23)28-19(15-6-3-4-7-15)13-18(27-28)16-9-10-17(22(25)29)20(12-16)30-2/h5,8-12,15,19,26H,3-4,6-7,13H2,1-2H3,(H2,25,29). The van der Waals surface area contributed by atoms with Gasteiger partial charge in [-0.1, -0.05) is 25.0 Å². The van der Waals surface area contributed by atoms with Gasteiger partial charge in [0.25, 0.3) is 5.91 Å². The Labute approximate surface area is 176 Å². The van der Waals surface area contributed by atoms with Crippen molar-refractivity contribution in [3.05, 3.63) is 53.4 Å². The molecule has 0 bridgehead atoms. The molecule has 1 aromatic carbocycles. The van der Waals surface area contributed by atoms with Crippen molar-refractivity contribution in [1.82, 2.24) is 10.3 Å². The zero-order valence-corrected chi connectivity index (χ0v) is 17.4. The zero-order valence-electron chi connectivity index (χ0n) is 17.4. The molecule has 0 aromatic heterocycles. The lowest BCUT2D eigenvalue weighted by Gasteiger charge is -2.35. The fourth-order valence-electron chi connectivity index (χ4n) is 4.60. The third-order valence-electron chi connectivity index (χ3n) is 6.24. The van der Waals surface area contributed by atoms with E-state index < -0.39 is 11.4 Å². The maximum absolute atomic E-state index is 11.6. The average Bonchev–Trinajstić information content (AvgIpc) is 3.43. The lowest BCUT2D eigenvalue weighted by atomic mass is 9.91. The van der Waals surface area contributed by atoms with Gasteiger partial charge in [-0.2, -0.15) is 10.4 Å². The minimum absolute atomic E-state index is 0.234. The summed E-state index contributed by atoms with van der Waals surface area (Å²) in [5, 5.41) is 19.9. The van der Waals surface area contributed by atoms with Crippen LogP contribution in [0.1, 0.15) is 54.9 Å². The number of primary amides is 1. The molecule has 0 radical (unpaired) electrons. The van der Waals surface area contributed by atoms with Gasteiger partial charge < -0.3 is 15.8 Å². The van der Waals surface area contributed by atoms with Gasteiger partial charge in [0.15, 0.2) is 0 Å². The summed E-state index contributed by atoms with van der Waals surface area (Å²) in [6.07, 6.45) is 11.4. The highest BCUT2D eigenvalue weighted by Crippen LogP contribution is 2.38. The maximum atomic E-state index is 11.6. The fourth-order valence-corrected chi connectivity index (χ4v) is 4.60. The number of hydrogen-bond donors (Lipinski definition) is 2. The van der Waals surface area contributed by atoms with Crippen LogP contribution in [0, 0.1) is 17.2 Å². The minimum atomic E-state index is -0.755. The first kappa shape index (κ1) is 20.0. The van der Waals surface area contributed by atoms with Gasteiger partial charge in [-0.3, -0.25) is 4.79 Å². The second-order valence-corrected chi connectivity index (χ2v) is 8.34. The van der Waals surface area contributed by atoms with Crippen LogP contribution in [0.3, 0.4) is 0 Å². The summed E-state index contributed by atoms with van der Waals surface area (Å²) in [4.78, 5) is 11.6. The van der Waals surface area contributed by atoms with E-state index >= 15 is 0 Å². The molecule has 2 heterocycles. The highest BCUT2D eigenvalue weighted by atomic mass is 16.5. The van der Waals surface area contributed by atoms with Gasteiger partial charge >= 0.3 is 0 Å². The van der Waals surface area contributed by atoms with Crippen LogP contribution in [-0.4, -0.2) is 35.3 Å². The zero-order chi connectivity index (χ0) is 21.3. The van der Waals surface area contributed by atoms with Crippen LogP contribution < -0.4 is 15.8 Å². The van der Waals surface area contributed by atoms with Crippen molar-refractivity contribution < 1.29 is 9.53 Å². The molecular weight excluding hydrogens is 378 g/mol. The molecule has 2 atom stereocenters. The number of allylic oxidation sites excluding steroid dienone is 2. The van der Waals surface area contributed by atoms with E-state index in [1.807, 2.05) is 37.3 Å². The Hall–Kier alpha value is -3.27. The van der Waals surface area contributed by atoms with Gasteiger partial charge in [-0.15, -0.1) is 0 Å². The van der Waals surface area contributed by atoms with Crippen molar-refractivity contribution in [1.29, 1.82) is 5.26 Å². The van der Waals surface area contributed by atoms with Crippen molar-refractivity contribution >= 4 is 11.6 Å². The third kappa shape index (κ3) is 3.65. The number of dihydropyridines is 1. The Kier molecular flexibility index (Phi) is 5.25. The van der Waals surface area contributed by atoms with Crippen LogP contribution in [0.15, 0.2) is 47.3 Å². The van der Waals surface area contributed by atoms with Crippen molar-refractivity contribution in [2.45, 2.75) is 50.6 Å². The summed E-state index contributed by atoms with van der Waals surface area (Å²) in [5.74, 6) is 1.33. The molecular formula is C23H27N5O2. The Morgan fingerprint density at radius 3 is 2.83 bits per heavy atom. The SMILES string of the molecule is COc1cc(C2=NN(C3=CC=CC(C)(C#N)N3)C(C3CCCC3)C2)ccc1C(N)=O. The molecule has 4 rings (SSSR count). The van der Waals surface area contributed by atoms with Crippen molar-refractivity contribution in [2.24, 2.45) is 16.8 Å². The average molecular weight is 406 g/mol. The van der Waals surface area contributed by atoms with E-state index in [9.17, 15) is 10.1 Å². The predicted molar refractivity (Wildman–Crippen MR) is 115 cm³/mol. The molecule has 0 saturated heterocycles. The van der Waals surface area contributed by atoms with E-state index in [1.54, 1.807) is 6.07 Å². The number of hydrazone groups is 1. The number of benzene rings is 1. The topological polar surface area (TPSA) is 104 Å². The number of methoxy groups -OCH3 is 1. The summed E-state index contributed by atoms with van der Waals surface area (Å²) in [5.41, 5.74) is 6.91. The maximum Gasteiger partial charge on any atom is 0.252 e. The van der Waals surface area contributed by atoms with Crippen LogP contribution in [0.25, 0.3) is 0 Å². The number of ether oxygens (including phenoxy) is 1. The number of nitrogens with one attached hydrogen (secondary N) is 1. The van der Waals surface area contributed by atoms with Crippen LogP contribution >= 0.6 is 0 Å². The van der Waals surface area contributed by atoms with Crippen LogP contribution in [0.5, 0.6) is 5.75 Å². The molecule has 1 saturated carbocycles. The van der Waals surface area contributed by atoms with Gasteiger partial charge in [0, 0.05) is 12.0 Å². The molecule has 7 heteroatoms. The Bertz CT molecular complexity index is 984. The van der Waals surface area contributed by atoms with E-state index in [2.05, 4.69) is 16.4 Å². The van der Waals surface area contributed by atoms with Gasteiger partial charge in [0.05, 0.1) is 30.5 Å². The molecule has 3 N–H and O–H groups in total. The summed E-state index contributed by atoms with van der Waals surface area (Å²) >= 11 is 0. The number of nitrogens with zero attached hydrogens (tertiary/aromatic N) is 3. The van der Waals surface area contributed by atoms with Crippen LogP contribution in [-0.2, 0) is 0 Å². The summed E-state index contributed by atoms with van der Waals surface area (Å²) in [7, 11) is 1.53. The number of hydrogen-bond acceptors (Lipinski definition) is 6. The minimum Gasteiger partial charge on any atom is -0.496 e. The number of amides is 1. The third-order valence-corrected chi connectivity index (χ3v) is 6.24. The predicted octanol–water partition coefficient (Wildman–Crippen LogP) is 3.05. The number of carbonyl (C=O) groups excluding carboxylic acids is 1. The first-order valence-electron chi connectivity index (χ1n) is 10.4. The molecule has 156 valence electrons. The highest BCUT2D eigenvalue weighted by Gasteiger charge is 2.39. The molecule has 30 heavy (non-hydrogen) atoms. The Morgan fingerprint density at radius 1 is 1.40 bits per heavy atom. The summed E-state index contributed by atoms with van der Waals surface area (Å²) in [6, 6.07) is 7.95. The molecule has 2 aliphatic heterocycles. The van der Waals surface area contributed by atoms with Gasteiger partial charge in [0.2, 0.25) is 0 Å². The monoisotopic (exact) mass is 405 g/mol. The summed E-state index contributed by atoms with van der Waals surface area (Å²) < 4.78 is 5.38. The normalized spacial score (nSPS) is 26.0.